The number of sulfonamides is 1. The first kappa shape index (κ1) is 12.9. The summed E-state index contributed by atoms with van der Waals surface area (Å²) in [7, 11) is -3.04. The molecule has 0 amide bonds. The highest BCUT2D eigenvalue weighted by Crippen LogP contribution is 2.14. The van der Waals surface area contributed by atoms with E-state index in [1.165, 1.54) is 6.26 Å². The Kier molecular flexibility index (Phi) is 4.98. The predicted octanol–water partition coefficient (Wildman–Crippen LogP) is -0.760. The lowest BCUT2D eigenvalue weighted by Crippen LogP contribution is -2.28. The summed E-state index contributed by atoms with van der Waals surface area (Å²) in [4.78, 5) is 2.27. The van der Waals surface area contributed by atoms with Gasteiger partial charge < -0.3 is 10.0 Å². The molecule has 1 heterocycles. The minimum atomic E-state index is -3.04. The van der Waals surface area contributed by atoms with E-state index < -0.39 is 10.0 Å². The Morgan fingerprint density at radius 2 is 2.27 bits per heavy atom. The van der Waals surface area contributed by atoms with Crippen LogP contribution in [0.4, 0.5) is 0 Å². The summed E-state index contributed by atoms with van der Waals surface area (Å²) in [6.07, 6.45) is 3.05. The molecule has 0 radical (unpaired) electrons. The van der Waals surface area contributed by atoms with Crippen molar-refractivity contribution < 1.29 is 13.5 Å². The number of aliphatic hydroxyl groups excluding tert-OH is 1. The van der Waals surface area contributed by atoms with Gasteiger partial charge in [-0.1, -0.05) is 0 Å². The Labute approximate surface area is 91.5 Å². The SMILES string of the molecule is CS(=O)(=O)NCCCN1CCC(CO)C1. The zero-order chi connectivity index (χ0) is 11.3. The van der Waals surface area contributed by atoms with E-state index in [2.05, 4.69) is 9.62 Å². The summed E-state index contributed by atoms with van der Waals surface area (Å²) >= 11 is 0. The van der Waals surface area contributed by atoms with E-state index in [1.807, 2.05) is 0 Å². The summed E-state index contributed by atoms with van der Waals surface area (Å²) < 4.78 is 24.0. The van der Waals surface area contributed by atoms with Gasteiger partial charge in [0.05, 0.1) is 6.26 Å². The van der Waals surface area contributed by atoms with Crippen molar-refractivity contribution in [2.24, 2.45) is 5.92 Å². The molecule has 0 saturated carbocycles. The van der Waals surface area contributed by atoms with E-state index >= 15 is 0 Å². The molecule has 1 unspecified atom stereocenters. The maximum Gasteiger partial charge on any atom is 0.208 e. The lowest BCUT2D eigenvalue weighted by molar-refractivity contribution is 0.221. The van der Waals surface area contributed by atoms with Gasteiger partial charge in [0.1, 0.15) is 0 Å². The minimum absolute atomic E-state index is 0.262. The quantitative estimate of drug-likeness (QED) is 0.595. The van der Waals surface area contributed by atoms with Crippen LogP contribution < -0.4 is 4.72 Å². The van der Waals surface area contributed by atoms with E-state index in [-0.39, 0.29) is 6.61 Å². The summed E-state index contributed by atoms with van der Waals surface area (Å²) in [6, 6.07) is 0. The van der Waals surface area contributed by atoms with Crippen molar-refractivity contribution in [2.75, 3.05) is 39.0 Å². The van der Waals surface area contributed by atoms with Crippen molar-refractivity contribution in [1.82, 2.24) is 9.62 Å². The molecule has 0 aliphatic carbocycles. The molecule has 1 fully saturated rings. The molecule has 0 spiro atoms. The molecule has 1 aliphatic heterocycles. The van der Waals surface area contributed by atoms with Gasteiger partial charge in [-0.25, -0.2) is 13.1 Å². The molecule has 0 aromatic rings. The van der Waals surface area contributed by atoms with Crippen molar-refractivity contribution in [2.45, 2.75) is 12.8 Å². The van der Waals surface area contributed by atoms with Crippen LogP contribution in [0.2, 0.25) is 0 Å². The van der Waals surface area contributed by atoms with Crippen LogP contribution in [0.15, 0.2) is 0 Å². The molecule has 2 N–H and O–H groups in total. The predicted molar refractivity (Wildman–Crippen MR) is 59.1 cm³/mol. The summed E-state index contributed by atoms with van der Waals surface area (Å²) in [5.41, 5.74) is 0. The Morgan fingerprint density at radius 1 is 1.53 bits per heavy atom. The zero-order valence-corrected chi connectivity index (χ0v) is 9.96. The molecule has 0 aromatic carbocycles. The monoisotopic (exact) mass is 236 g/mol. The van der Waals surface area contributed by atoms with Gasteiger partial charge in [0, 0.05) is 19.7 Å². The second-order valence-corrected chi connectivity index (χ2v) is 5.99. The van der Waals surface area contributed by atoms with Gasteiger partial charge in [0.2, 0.25) is 10.0 Å². The first-order valence-electron chi connectivity index (χ1n) is 5.29. The molecular weight excluding hydrogens is 216 g/mol. The molecule has 1 rings (SSSR count). The van der Waals surface area contributed by atoms with Gasteiger partial charge in [0.15, 0.2) is 0 Å². The lowest BCUT2D eigenvalue weighted by atomic mass is 10.1. The molecule has 0 aromatic heterocycles. The van der Waals surface area contributed by atoms with Crippen LogP contribution in [-0.2, 0) is 10.0 Å². The van der Waals surface area contributed by atoms with Gasteiger partial charge in [-0.15, -0.1) is 0 Å². The highest BCUT2D eigenvalue weighted by Gasteiger charge is 2.20. The zero-order valence-electron chi connectivity index (χ0n) is 9.15. The van der Waals surface area contributed by atoms with Crippen molar-refractivity contribution in [3.8, 4) is 0 Å². The average Bonchev–Trinajstić information content (AvgIpc) is 2.59. The average molecular weight is 236 g/mol. The Bertz CT molecular complexity index is 279. The van der Waals surface area contributed by atoms with Gasteiger partial charge >= 0.3 is 0 Å². The fourth-order valence-corrected chi connectivity index (χ4v) is 2.34. The fraction of sp³-hybridized carbons (Fsp3) is 1.00. The molecule has 15 heavy (non-hydrogen) atoms. The van der Waals surface area contributed by atoms with Crippen LogP contribution in [0.1, 0.15) is 12.8 Å². The molecule has 6 heteroatoms. The lowest BCUT2D eigenvalue weighted by Gasteiger charge is -2.15. The smallest absolute Gasteiger partial charge is 0.208 e. The molecule has 1 aliphatic rings. The van der Waals surface area contributed by atoms with Crippen molar-refractivity contribution in [3.05, 3.63) is 0 Å². The van der Waals surface area contributed by atoms with E-state index in [9.17, 15) is 8.42 Å². The van der Waals surface area contributed by atoms with E-state index in [1.54, 1.807) is 0 Å². The Morgan fingerprint density at radius 3 is 2.80 bits per heavy atom. The third kappa shape index (κ3) is 5.46. The van der Waals surface area contributed by atoms with E-state index in [0.717, 1.165) is 32.5 Å². The molecule has 5 nitrogen and oxygen atoms in total. The van der Waals surface area contributed by atoms with Crippen molar-refractivity contribution in [3.63, 3.8) is 0 Å². The van der Waals surface area contributed by atoms with E-state index in [4.69, 9.17) is 5.11 Å². The molecular formula is C9H20N2O3S. The summed E-state index contributed by atoms with van der Waals surface area (Å²) in [5.74, 6) is 0.410. The first-order valence-corrected chi connectivity index (χ1v) is 7.18. The van der Waals surface area contributed by atoms with Crippen LogP contribution in [-0.4, -0.2) is 57.5 Å². The van der Waals surface area contributed by atoms with Gasteiger partial charge in [0.25, 0.3) is 0 Å². The number of hydrogen-bond acceptors (Lipinski definition) is 4. The minimum Gasteiger partial charge on any atom is -0.396 e. The topological polar surface area (TPSA) is 69.6 Å². The normalized spacial score (nSPS) is 23.5. The van der Waals surface area contributed by atoms with E-state index in [0.29, 0.717) is 12.5 Å². The Balaban J connectivity index is 2.07. The first-order chi connectivity index (χ1) is 7.01. The number of nitrogens with one attached hydrogen (secondary N) is 1. The summed E-state index contributed by atoms with van der Waals surface area (Å²) in [6.45, 7) is 3.62. The molecule has 1 atom stereocenters. The summed E-state index contributed by atoms with van der Waals surface area (Å²) in [5, 5.41) is 8.94. The van der Waals surface area contributed by atoms with Gasteiger partial charge in [-0.05, 0) is 31.8 Å². The molecule has 90 valence electrons. The maximum absolute atomic E-state index is 10.8. The van der Waals surface area contributed by atoms with Crippen LogP contribution >= 0.6 is 0 Å². The number of nitrogens with zero attached hydrogens (tertiary/aromatic N) is 1. The Hall–Kier alpha value is -0.170. The molecule has 0 bridgehead atoms. The third-order valence-corrected chi connectivity index (χ3v) is 3.37. The van der Waals surface area contributed by atoms with Crippen LogP contribution in [0.25, 0.3) is 0 Å². The van der Waals surface area contributed by atoms with Crippen molar-refractivity contribution in [1.29, 1.82) is 0 Å². The molecule has 1 saturated heterocycles. The highest BCUT2D eigenvalue weighted by atomic mass is 32.2. The number of aliphatic hydroxyl groups is 1. The van der Waals surface area contributed by atoms with Crippen molar-refractivity contribution >= 4 is 10.0 Å². The third-order valence-electron chi connectivity index (χ3n) is 2.64. The largest absolute Gasteiger partial charge is 0.396 e. The number of likely N-dealkylation sites (tertiary alicyclic amines) is 1. The van der Waals surface area contributed by atoms with Crippen LogP contribution in [0.3, 0.4) is 0 Å². The second-order valence-electron chi connectivity index (χ2n) is 4.16. The number of rotatable bonds is 6. The maximum atomic E-state index is 10.8. The van der Waals surface area contributed by atoms with Gasteiger partial charge in [-0.2, -0.15) is 0 Å². The van der Waals surface area contributed by atoms with Gasteiger partial charge in [-0.3, -0.25) is 0 Å². The standard InChI is InChI=1S/C9H20N2O3S/c1-15(13,14)10-4-2-5-11-6-3-9(7-11)8-12/h9-10,12H,2-8H2,1H3. The number of hydrogen-bond donors (Lipinski definition) is 2. The van der Waals surface area contributed by atoms with Crippen LogP contribution in [0.5, 0.6) is 0 Å². The van der Waals surface area contributed by atoms with Crippen LogP contribution in [0, 0.1) is 5.92 Å². The highest BCUT2D eigenvalue weighted by molar-refractivity contribution is 7.88. The fourth-order valence-electron chi connectivity index (χ4n) is 1.83. The second kappa shape index (κ2) is 5.79.